The molecule has 1 saturated heterocycles. The fraction of sp³-hybridized carbons (Fsp3) is 0.818. The summed E-state index contributed by atoms with van der Waals surface area (Å²) in [5.74, 6) is 0.632. The van der Waals surface area contributed by atoms with Crippen LogP contribution in [0, 0.1) is 0 Å². The van der Waals surface area contributed by atoms with E-state index in [0.29, 0.717) is 25.6 Å². The maximum Gasteiger partial charge on any atom is 0.343 e. The van der Waals surface area contributed by atoms with E-state index in [9.17, 15) is 4.79 Å². The topological polar surface area (TPSA) is 112 Å². The fourth-order valence-electron chi connectivity index (χ4n) is 2.29. The van der Waals surface area contributed by atoms with E-state index >= 15 is 0 Å². The molecule has 1 aromatic rings. The highest BCUT2D eigenvalue weighted by molar-refractivity contribution is 4.97. The first kappa shape index (κ1) is 13.3. The van der Waals surface area contributed by atoms with Crippen molar-refractivity contribution >= 4 is 0 Å². The van der Waals surface area contributed by atoms with Crippen molar-refractivity contribution in [3.05, 3.63) is 16.3 Å². The van der Waals surface area contributed by atoms with Crippen molar-refractivity contribution in [2.45, 2.75) is 37.8 Å². The highest BCUT2D eigenvalue weighted by Gasteiger charge is 2.25. The molecule has 0 aliphatic carbocycles. The van der Waals surface area contributed by atoms with Crippen LogP contribution in [-0.4, -0.2) is 34.5 Å². The zero-order chi connectivity index (χ0) is 13.0. The summed E-state index contributed by atoms with van der Waals surface area (Å²) < 4.78 is 6.96. The van der Waals surface area contributed by atoms with Crippen LogP contribution in [0.3, 0.4) is 0 Å². The molecule has 2 heterocycles. The molecule has 7 nitrogen and oxygen atoms in total. The number of nitrogens with one attached hydrogen (secondary N) is 1. The third-order valence-corrected chi connectivity index (χ3v) is 3.30. The Kier molecular flexibility index (Phi) is 4.51. The van der Waals surface area contributed by atoms with Crippen LogP contribution in [0.4, 0.5) is 0 Å². The number of aromatic nitrogens is 3. The zero-order valence-corrected chi connectivity index (χ0v) is 10.5. The van der Waals surface area contributed by atoms with E-state index in [2.05, 4.69) is 10.2 Å². The van der Waals surface area contributed by atoms with E-state index in [1.165, 1.54) is 0 Å². The maximum atomic E-state index is 11.8. The molecule has 2 unspecified atom stereocenters. The lowest BCUT2D eigenvalue weighted by Crippen LogP contribution is -2.27. The fourth-order valence-corrected chi connectivity index (χ4v) is 2.29. The molecule has 5 N–H and O–H groups in total. The van der Waals surface area contributed by atoms with Gasteiger partial charge in [0.15, 0.2) is 5.82 Å². The van der Waals surface area contributed by atoms with Crippen molar-refractivity contribution in [3.8, 4) is 0 Å². The third kappa shape index (κ3) is 2.80. The molecule has 0 amide bonds. The van der Waals surface area contributed by atoms with Crippen LogP contribution in [0.25, 0.3) is 0 Å². The van der Waals surface area contributed by atoms with Crippen LogP contribution in [0.15, 0.2) is 4.79 Å². The molecule has 102 valence electrons. The highest BCUT2D eigenvalue weighted by Crippen LogP contribution is 2.21. The second kappa shape index (κ2) is 6.12. The molecule has 0 saturated carbocycles. The van der Waals surface area contributed by atoms with E-state index in [-0.39, 0.29) is 17.8 Å². The number of aromatic amines is 1. The van der Waals surface area contributed by atoms with Crippen LogP contribution < -0.4 is 17.2 Å². The summed E-state index contributed by atoms with van der Waals surface area (Å²) in [7, 11) is 0. The number of rotatable bonds is 6. The van der Waals surface area contributed by atoms with Gasteiger partial charge in [-0.2, -0.15) is 5.10 Å². The summed E-state index contributed by atoms with van der Waals surface area (Å²) in [4.78, 5) is 11.8. The van der Waals surface area contributed by atoms with E-state index in [0.717, 1.165) is 25.7 Å². The first-order valence-electron chi connectivity index (χ1n) is 6.44. The Bertz CT molecular complexity index is 421. The van der Waals surface area contributed by atoms with Gasteiger partial charge in [-0.1, -0.05) is 6.42 Å². The van der Waals surface area contributed by atoms with Gasteiger partial charge in [0.1, 0.15) is 0 Å². The van der Waals surface area contributed by atoms with Crippen LogP contribution >= 0.6 is 0 Å². The first-order valence-corrected chi connectivity index (χ1v) is 6.44. The van der Waals surface area contributed by atoms with Gasteiger partial charge in [0.2, 0.25) is 0 Å². The number of H-pyrrole nitrogens is 1. The molecule has 1 aromatic heterocycles. The van der Waals surface area contributed by atoms with Gasteiger partial charge in [-0.3, -0.25) is 4.57 Å². The van der Waals surface area contributed by atoms with Gasteiger partial charge < -0.3 is 16.2 Å². The van der Waals surface area contributed by atoms with Crippen molar-refractivity contribution in [1.29, 1.82) is 0 Å². The Morgan fingerprint density at radius 3 is 3.06 bits per heavy atom. The lowest BCUT2D eigenvalue weighted by atomic mass is 10.1. The third-order valence-electron chi connectivity index (χ3n) is 3.30. The summed E-state index contributed by atoms with van der Waals surface area (Å²) in [6.45, 7) is 1.91. The normalized spacial score (nSPS) is 21.3. The molecule has 2 rings (SSSR count). The van der Waals surface area contributed by atoms with Crippen LogP contribution in [0.5, 0.6) is 0 Å². The number of unbranched alkanes of at least 4 members (excludes halogenated alkanes) is 1. The molecular weight excluding hydrogens is 234 g/mol. The van der Waals surface area contributed by atoms with Gasteiger partial charge in [0, 0.05) is 6.61 Å². The molecule has 0 bridgehead atoms. The van der Waals surface area contributed by atoms with Gasteiger partial charge in [-0.15, -0.1) is 0 Å². The zero-order valence-electron chi connectivity index (χ0n) is 10.5. The lowest BCUT2D eigenvalue weighted by molar-refractivity contribution is 0.185. The van der Waals surface area contributed by atoms with Gasteiger partial charge in [-0.25, -0.2) is 9.89 Å². The van der Waals surface area contributed by atoms with E-state index in [4.69, 9.17) is 16.2 Å². The van der Waals surface area contributed by atoms with Gasteiger partial charge in [0.25, 0.3) is 0 Å². The average Bonchev–Trinajstić information content (AvgIpc) is 2.97. The van der Waals surface area contributed by atoms with Crippen LogP contribution in [0.1, 0.15) is 43.6 Å². The number of hydrogen-bond donors (Lipinski definition) is 3. The minimum atomic E-state index is -0.226. The highest BCUT2D eigenvalue weighted by atomic mass is 16.5. The second-order valence-corrected chi connectivity index (χ2v) is 4.67. The summed E-state index contributed by atoms with van der Waals surface area (Å²) in [6.07, 6.45) is 3.51. The lowest BCUT2D eigenvalue weighted by Gasteiger charge is -2.15. The van der Waals surface area contributed by atoms with Gasteiger partial charge in [0.05, 0.1) is 18.7 Å². The Labute approximate surface area is 105 Å². The molecule has 1 aliphatic rings. The SMILES string of the molecule is NCCCCC(N)c1n[nH]c(=O)n1C1CCOC1. The molecule has 7 heteroatoms. The van der Waals surface area contributed by atoms with Crippen molar-refractivity contribution < 1.29 is 4.74 Å². The van der Waals surface area contributed by atoms with E-state index in [1.807, 2.05) is 0 Å². The predicted molar refractivity (Wildman–Crippen MR) is 67.2 cm³/mol. The summed E-state index contributed by atoms with van der Waals surface area (Å²) in [5.41, 5.74) is 11.3. The molecule has 1 aliphatic heterocycles. The van der Waals surface area contributed by atoms with Crippen molar-refractivity contribution in [3.63, 3.8) is 0 Å². The summed E-state index contributed by atoms with van der Waals surface area (Å²) >= 11 is 0. The molecule has 2 atom stereocenters. The molecule has 1 fully saturated rings. The second-order valence-electron chi connectivity index (χ2n) is 4.67. The number of hydrogen-bond acceptors (Lipinski definition) is 5. The minimum Gasteiger partial charge on any atom is -0.379 e. The molecule has 18 heavy (non-hydrogen) atoms. The van der Waals surface area contributed by atoms with Crippen molar-refractivity contribution in [2.75, 3.05) is 19.8 Å². The summed E-state index contributed by atoms with van der Waals surface area (Å²) in [6, 6.07) is -0.164. The molecule has 0 aromatic carbocycles. The van der Waals surface area contributed by atoms with Gasteiger partial charge in [-0.05, 0) is 25.8 Å². The maximum absolute atomic E-state index is 11.8. The largest absolute Gasteiger partial charge is 0.379 e. The number of nitrogens with zero attached hydrogens (tertiary/aromatic N) is 2. The number of ether oxygens (including phenoxy) is 1. The Morgan fingerprint density at radius 1 is 1.56 bits per heavy atom. The number of nitrogens with two attached hydrogens (primary N) is 2. The Morgan fingerprint density at radius 2 is 2.39 bits per heavy atom. The van der Waals surface area contributed by atoms with Crippen molar-refractivity contribution in [2.24, 2.45) is 11.5 Å². The Hall–Kier alpha value is -1.18. The quantitative estimate of drug-likeness (QED) is 0.602. The van der Waals surface area contributed by atoms with Gasteiger partial charge >= 0.3 is 5.69 Å². The smallest absolute Gasteiger partial charge is 0.343 e. The summed E-state index contributed by atoms with van der Waals surface area (Å²) in [5, 5.41) is 6.54. The Balaban J connectivity index is 2.09. The molecular formula is C11H21N5O2. The first-order chi connectivity index (χ1) is 8.74. The molecule has 0 radical (unpaired) electrons. The van der Waals surface area contributed by atoms with Crippen LogP contribution in [-0.2, 0) is 4.74 Å². The predicted octanol–water partition coefficient (Wildman–Crippen LogP) is -0.338. The van der Waals surface area contributed by atoms with Crippen LogP contribution in [0.2, 0.25) is 0 Å². The monoisotopic (exact) mass is 255 g/mol. The van der Waals surface area contributed by atoms with Crippen molar-refractivity contribution in [1.82, 2.24) is 14.8 Å². The van der Waals surface area contributed by atoms with E-state index < -0.39 is 0 Å². The minimum absolute atomic E-state index is 0.0619. The van der Waals surface area contributed by atoms with E-state index in [1.54, 1.807) is 4.57 Å². The standard InChI is InChI=1S/C11H21N5O2/c12-5-2-1-3-9(13)10-14-15-11(17)16(10)8-4-6-18-7-8/h8-9H,1-7,12-13H2,(H,15,17). The average molecular weight is 255 g/mol. The molecule has 0 spiro atoms.